The number of para-hydroxylation sites is 2. The Bertz CT molecular complexity index is 1310. The summed E-state index contributed by atoms with van der Waals surface area (Å²) < 4.78 is 31.2. The van der Waals surface area contributed by atoms with Crippen LogP contribution in [0.1, 0.15) is 0 Å². The van der Waals surface area contributed by atoms with Gasteiger partial charge in [-0.3, -0.25) is 9.36 Å². The van der Waals surface area contributed by atoms with Gasteiger partial charge in [-0.1, -0.05) is 12.1 Å². The van der Waals surface area contributed by atoms with Gasteiger partial charge in [0.15, 0.2) is 4.90 Å². The Kier molecular flexibility index (Phi) is 4.58. The lowest BCUT2D eigenvalue weighted by atomic mass is 10.3. The molecule has 29 heavy (non-hydrogen) atoms. The number of sulfonamides is 1. The highest BCUT2D eigenvalue weighted by molar-refractivity contribution is 7.89. The summed E-state index contributed by atoms with van der Waals surface area (Å²) in [7, 11) is 0.616. The zero-order valence-corrected chi connectivity index (χ0v) is 17.3. The SMILES string of the molecule is Cn1cc(S(=O)(=O)N2CCN(c3nc4ccccc4n3C)CC2)c(=O)n(C)c1=O. The van der Waals surface area contributed by atoms with Crippen LogP contribution in [0.3, 0.4) is 0 Å². The molecule has 0 N–H and O–H groups in total. The first-order chi connectivity index (χ1) is 13.7. The van der Waals surface area contributed by atoms with E-state index in [1.807, 2.05) is 40.8 Å². The van der Waals surface area contributed by atoms with E-state index in [1.54, 1.807) is 0 Å². The van der Waals surface area contributed by atoms with Crippen LogP contribution in [0.25, 0.3) is 11.0 Å². The number of hydrogen-bond donors (Lipinski definition) is 0. The Balaban J connectivity index is 1.60. The van der Waals surface area contributed by atoms with Gasteiger partial charge in [0.25, 0.3) is 5.56 Å². The first-order valence-corrected chi connectivity index (χ1v) is 10.6. The predicted molar refractivity (Wildman–Crippen MR) is 109 cm³/mol. The lowest BCUT2D eigenvalue weighted by Crippen LogP contribution is -2.51. The molecule has 3 heterocycles. The molecule has 1 saturated heterocycles. The predicted octanol–water partition coefficient (Wildman–Crippen LogP) is -0.518. The van der Waals surface area contributed by atoms with Gasteiger partial charge in [0.2, 0.25) is 16.0 Å². The fourth-order valence-electron chi connectivity index (χ4n) is 3.64. The number of nitrogens with zero attached hydrogens (tertiary/aromatic N) is 6. The molecule has 11 heteroatoms. The number of hydrogen-bond acceptors (Lipinski definition) is 6. The van der Waals surface area contributed by atoms with Crippen molar-refractivity contribution in [3.05, 3.63) is 51.3 Å². The van der Waals surface area contributed by atoms with Crippen LogP contribution >= 0.6 is 0 Å². The molecule has 0 unspecified atom stereocenters. The summed E-state index contributed by atoms with van der Waals surface area (Å²) >= 11 is 0. The van der Waals surface area contributed by atoms with Crippen molar-refractivity contribution >= 4 is 27.0 Å². The third-order valence-electron chi connectivity index (χ3n) is 5.32. The van der Waals surface area contributed by atoms with Gasteiger partial charge in [-0.05, 0) is 12.1 Å². The highest BCUT2D eigenvalue weighted by Gasteiger charge is 2.32. The molecule has 0 atom stereocenters. The number of aromatic nitrogens is 4. The minimum atomic E-state index is -4.01. The first kappa shape index (κ1) is 19.4. The minimum Gasteiger partial charge on any atom is -0.340 e. The zero-order valence-electron chi connectivity index (χ0n) is 16.4. The number of rotatable bonds is 3. The van der Waals surface area contributed by atoms with E-state index in [4.69, 9.17) is 0 Å². The van der Waals surface area contributed by atoms with E-state index < -0.39 is 26.2 Å². The van der Waals surface area contributed by atoms with Gasteiger partial charge < -0.3 is 14.0 Å². The first-order valence-electron chi connectivity index (χ1n) is 9.15. The molecular formula is C18H22N6O4S. The molecule has 1 aromatic carbocycles. The monoisotopic (exact) mass is 418 g/mol. The van der Waals surface area contributed by atoms with E-state index in [-0.39, 0.29) is 13.1 Å². The maximum Gasteiger partial charge on any atom is 0.330 e. The van der Waals surface area contributed by atoms with Crippen molar-refractivity contribution in [2.24, 2.45) is 21.1 Å². The molecule has 0 spiro atoms. The number of imidazole rings is 1. The van der Waals surface area contributed by atoms with E-state index in [9.17, 15) is 18.0 Å². The summed E-state index contributed by atoms with van der Waals surface area (Å²) in [5.41, 5.74) is 0.506. The van der Waals surface area contributed by atoms with E-state index >= 15 is 0 Å². The van der Waals surface area contributed by atoms with Crippen LogP contribution in [0, 0.1) is 0 Å². The van der Waals surface area contributed by atoms with E-state index in [0.717, 1.165) is 32.3 Å². The van der Waals surface area contributed by atoms with Gasteiger partial charge in [-0.25, -0.2) is 18.2 Å². The van der Waals surface area contributed by atoms with Gasteiger partial charge in [0.05, 0.1) is 11.0 Å². The second-order valence-corrected chi connectivity index (χ2v) is 9.01. The third kappa shape index (κ3) is 3.06. The molecule has 0 radical (unpaired) electrons. The van der Waals surface area contributed by atoms with Crippen LogP contribution in [0.4, 0.5) is 5.95 Å². The Morgan fingerprint density at radius 2 is 1.59 bits per heavy atom. The van der Waals surface area contributed by atoms with E-state index in [2.05, 4.69) is 4.98 Å². The molecule has 3 aromatic rings. The summed E-state index contributed by atoms with van der Waals surface area (Å²) in [5, 5.41) is 0. The summed E-state index contributed by atoms with van der Waals surface area (Å²) in [5.74, 6) is 0.779. The highest BCUT2D eigenvalue weighted by atomic mass is 32.2. The number of benzene rings is 1. The maximum atomic E-state index is 13.0. The molecule has 10 nitrogen and oxygen atoms in total. The number of aryl methyl sites for hydroxylation is 2. The minimum absolute atomic E-state index is 0.220. The van der Waals surface area contributed by atoms with Crippen LogP contribution in [-0.4, -0.2) is 57.6 Å². The van der Waals surface area contributed by atoms with E-state index in [1.165, 1.54) is 18.4 Å². The average Bonchev–Trinajstić information content (AvgIpc) is 3.06. The standard InChI is InChI=1S/C18H22N6O4S/c1-20-12-15(16(25)22(3)18(20)26)29(27,28)24-10-8-23(9-11-24)17-19-13-6-4-5-7-14(13)21(17)2/h4-7,12H,8-11H2,1-3H3. The molecule has 154 valence electrons. The van der Waals surface area contributed by atoms with Crippen molar-refractivity contribution in [3.63, 3.8) is 0 Å². The van der Waals surface area contributed by atoms with Crippen molar-refractivity contribution in [1.29, 1.82) is 0 Å². The summed E-state index contributed by atoms with van der Waals surface area (Å²) in [6.45, 7) is 1.33. The molecule has 0 bridgehead atoms. The van der Waals surface area contributed by atoms with Gasteiger partial charge in [0.1, 0.15) is 0 Å². The van der Waals surface area contributed by atoms with Gasteiger partial charge in [-0.2, -0.15) is 4.31 Å². The molecule has 2 aromatic heterocycles. The zero-order chi connectivity index (χ0) is 20.9. The Labute approximate surface area is 167 Å². The lowest BCUT2D eigenvalue weighted by molar-refractivity contribution is 0.380. The van der Waals surface area contributed by atoms with Crippen LogP contribution in [-0.2, 0) is 31.2 Å². The van der Waals surface area contributed by atoms with Gasteiger partial charge in [0, 0.05) is 53.5 Å². The number of fused-ring (bicyclic) bond motifs is 1. The normalized spacial score (nSPS) is 15.9. The second-order valence-electron chi connectivity index (χ2n) is 7.10. The van der Waals surface area contributed by atoms with Crippen molar-refractivity contribution in [2.45, 2.75) is 4.90 Å². The van der Waals surface area contributed by atoms with Crippen LogP contribution in [0.2, 0.25) is 0 Å². The van der Waals surface area contributed by atoms with Crippen LogP contribution in [0.5, 0.6) is 0 Å². The Morgan fingerprint density at radius 1 is 0.931 bits per heavy atom. The summed E-state index contributed by atoms with van der Waals surface area (Å²) in [6, 6.07) is 7.81. The molecule has 0 amide bonds. The topological polar surface area (TPSA) is 102 Å². The molecule has 0 saturated carbocycles. The highest BCUT2D eigenvalue weighted by Crippen LogP contribution is 2.23. The molecule has 4 rings (SSSR count). The molecule has 1 aliphatic heterocycles. The van der Waals surface area contributed by atoms with Crippen LogP contribution < -0.4 is 16.1 Å². The van der Waals surface area contributed by atoms with Gasteiger partial charge in [-0.15, -0.1) is 0 Å². The smallest absolute Gasteiger partial charge is 0.330 e. The Morgan fingerprint density at radius 3 is 2.24 bits per heavy atom. The average molecular weight is 418 g/mol. The molecule has 0 aliphatic carbocycles. The number of piperazine rings is 1. The van der Waals surface area contributed by atoms with Crippen molar-refractivity contribution in [2.75, 3.05) is 31.1 Å². The second kappa shape index (κ2) is 6.85. The lowest BCUT2D eigenvalue weighted by Gasteiger charge is -2.34. The fraction of sp³-hybridized carbons (Fsp3) is 0.389. The summed E-state index contributed by atoms with van der Waals surface area (Å²) in [6.07, 6.45) is 1.10. The van der Waals surface area contributed by atoms with Crippen molar-refractivity contribution < 1.29 is 8.42 Å². The van der Waals surface area contributed by atoms with Crippen molar-refractivity contribution in [1.82, 2.24) is 23.0 Å². The van der Waals surface area contributed by atoms with Gasteiger partial charge >= 0.3 is 5.69 Å². The molecule has 1 aliphatic rings. The molecular weight excluding hydrogens is 396 g/mol. The van der Waals surface area contributed by atoms with E-state index in [0.29, 0.717) is 13.1 Å². The fourth-order valence-corrected chi connectivity index (χ4v) is 5.21. The Hall–Kier alpha value is -2.92. The summed E-state index contributed by atoms with van der Waals surface area (Å²) in [4.78, 5) is 30.5. The maximum absolute atomic E-state index is 13.0. The van der Waals surface area contributed by atoms with Crippen LogP contribution in [0.15, 0.2) is 44.9 Å². The number of anilines is 1. The quantitative estimate of drug-likeness (QED) is 0.567. The largest absolute Gasteiger partial charge is 0.340 e. The molecule has 1 fully saturated rings. The van der Waals surface area contributed by atoms with Crippen molar-refractivity contribution in [3.8, 4) is 0 Å². The third-order valence-corrected chi connectivity index (χ3v) is 7.20.